The molecule has 16 heavy (non-hydrogen) atoms. The van der Waals surface area contributed by atoms with Gasteiger partial charge in [0.1, 0.15) is 0 Å². The molecule has 0 unspecified atom stereocenters. The molecular formula is C14H23NO. The van der Waals surface area contributed by atoms with Gasteiger partial charge in [0.15, 0.2) is 0 Å². The highest BCUT2D eigenvalue weighted by Crippen LogP contribution is 2.36. The second-order valence-corrected chi connectivity index (χ2v) is 5.05. The van der Waals surface area contributed by atoms with E-state index in [0.29, 0.717) is 5.91 Å². The lowest BCUT2D eigenvalue weighted by atomic mass is 9.98. The maximum Gasteiger partial charge on any atom is 0.225 e. The zero-order chi connectivity index (χ0) is 11.5. The van der Waals surface area contributed by atoms with Crippen LogP contribution in [0.3, 0.4) is 0 Å². The lowest BCUT2D eigenvalue weighted by Gasteiger charge is -2.31. The number of piperidine rings is 1. The quantitative estimate of drug-likeness (QED) is 0.670. The van der Waals surface area contributed by atoms with Crippen LogP contribution in [0, 0.1) is 5.92 Å². The summed E-state index contributed by atoms with van der Waals surface area (Å²) >= 11 is 0. The van der Waals surface area contributed by atoms with E-state index in [1.54, 1.807) is 11.1 Å². The van der Waals surface area contributed by atoms with Gasteiger partial charge in [0, 0.05) is 19.0 Å². The first-order chi connectivity index (χ1) is 7.76. The maximum atomic E-state index is 12.2. The minimum atomic E-state index is 0.259. The zero-order valence-electron chi connectivity index (χ0n) is 10.6. The van der Waals surface area contributed by atoms with Gasteiger partial charge in [-0.2, -0.15) is 0 Å². The van der Waals surface area contributed by atoms with E-state index < -0.39 is 0 Å². The first-order valence-electron chi connectivity index (χ1n) is 6.74. The molecule has 1 aliphatic heterocycles. The van der Waals surface area contributed by atoms with Crippen LogP contribution in [0.15, 0.2) is 11.1 Å². The number of carbonyl (C=O) groups excluding carboxylic acids is 1. The molecule has 0 spiro atoms. The van der Waals surface area contributed by atoms with Crippen molar-refractivity contribution in [1.29, 1.82) is 0 Å². The number of carbonyl (C=O) groups is 1. The zero-order valence-corrected chi connectivity index (χ0v) is 10.6. The molecule has 0 bridgehead atoms. The van der Waals surface area contributed by atoms with Crippen LogP contribution in [0.5, 0.6) is 0 Å². The van der Waals surface area contributed by atoms with Crippen LogP contribution < -0.4 is 0 Å². The van der Waals surface area contributed by atoms with E-state index in [1.807, 2.05) is 0 Å². The first-order valence-corrected chi connectivity index (χ1v) is 6.74. The van der Waals surface area contributed by atoms with E-state index in [0.717, 1.165) is 38.8 Å². The fourth-order valence-corrected chi connectivity index (χ4v) is 2.66. The van der Waals surface area contributed by atoms with E-state index in [4.69, 9.17) is 0 Å². The molecule has 2 nitrogen and oxygen atoms in total. The van der Waals surface area contributed by atoms with Crippen LogP contribution in [-0.4, -0.2) is 23.9 Å². The van der Waals surface area contributed by atoms with Crippen molar-refractivity contribution in [2.45, 2.75) is 52.4 Å². The summed E-state index contributed by atoms with van der Waals surface area (Å²) in [6.07, 6.45) is 6.91. The summed E-state index contributed by atoms with van der Waals surface area (Å²) in [5.74, 6) is 0.653. The van der Waals surface area contributed by atoms with Crippen LogP contribution >= 0.6 is 0 Å². The van der Waals surface area contributed by atoms with Crippen LogP contribution in [-0.2, 0) is 4.79 Å². The van der Waals surface area contributed by atoms with E-state index in [1.165, 1.54) is 12.8 Å². The number of nitrogens with zero attached hydrogens (tertiary/aromatic N) is 1. The predicted octanol–water partition coefficient (Wildman–Crippen LogP) is 3.14. The van der Waals surface area contributed by atoms with E-state index in [2.05, 4.69) is 18.7 Å². The molecule has 0 atom stereocenters. The Morgan fingerprint density at radius 2 is 1.56 bits per heavy atom. The molecule has 0 N–H and O–H groups in total. The average Bonchev–Trinajstić information content (AvgIpc) is 3.15. The molecule has 2 rings (SSSR count). The molecule has 1 saturated carbocycles. The van der Waals surface area contributed by atoms with Gasteiger partial charge in [0.2, 0.25) is 5.91 Å². The van der Waals surface area contributed by atoms with E-state index >= 15 is 0 Å². The Balaban J connectivity index is 1.88. The largest absolute Gasteiger partial charge is 0.342 e. The van der Waals surface area contributed by atoms with Crippen LogP contribution in [0.2, 0.25) is 0 Å². The summed E-state index contributed by atoms with van der Waals surface area (Å²) < 4.78 is 0. The Labute approximate surface area is 98.7 Å². The van der Waals surface area contributed by atoms with Gasteiger partial charge in [0.25, 0.3) is 0 Å². The standard InChI is InChI=1S/C14H23NO/c1-3-11(4-2)14(16)15-9-7-13(8-10-15)12-5-6-12/h11H,3-10H2,1-2H3. The van der Waals surface area contributed by atoms with Crippen molar-refractivity contribution in [1.82, 2.24) is 4.90 Å². The summed E-state index contributed by atoms with van der Waals surface area (Å²) in [6, 6.07) is 0. The first kappa shape index (κ1) is 11.7. The summed E-state index contributed by atoms with van der Waals surface area (Å²) in [5.41, 5.74) is 3.35. The third-order valence-electron chi connectivity index (χ3n) is 4.01. The number of amides is 1. The lowest BCUT2D eigenvalue weighted by molar-refractivity contribution is -0.136. The molecule has 0 aromatic carbocycles. The third kappa shape index (κ3) is 2.47. The van der Waals surface area contributed by atoms with Gasteiger partial charge in [-0.15, -0.1) is 0 Å². The van der Waals surface area contributed by atoms with Crippen molar-refractivity contribution >= 4 is 5.91 Å². The molecule has 2 fully saturated rings. The summed E-state index contributed by atoms with van der Waals surface area (Å²) in [5, 5.41) is 0. The van der Waals surface area contributed by atoms with Gasteiger partial charge in [-0.05, 0) is 38.5 Å². The Morgan fingerprint density at radius 1 is 1.06 bits per heavy atom. The fourth-order valence-electron chi connectivity index (χ4n) is 2.66. The summed E-state index contributed by atoms with van der Waals surface area (Å²) in [6.45, 7) is 6.17. The van der Waals surface area contributed by atoms with Crippen LogP contribution in [0.4, 0.5) is 0 Å². The average molecular weight is 221 g/mol. The van der Waals surface area contributed by atoms with Crippen molar-refractivity contribution in [3.8, 4) is 0 Å². The highest BCUT2D eigenvalue weighted by molar-refractivity contribution is 5.79. The number of hydrogen-bond acceptors (Lipinski definition) is 1. The van der Waals surface area contributed by atoms with Crippen molar-refractivity contribution in [2.24, 2.45) is 5.92 Å². The van der Waals surface area contributed by atoms with E-state index in [-0.39, 0.29) is 5.92 Å². The SMILES string of the molecule is CCC(CC)C(=O)N1CCC(=C2CC2)CC1. The maximum absolute atomic E-state index is 12.2. The third-order valence-corrected chi connectivity index (χ3v) is 4.01. The van der Waals surface area contributed by atoms with Gasteiger partial charge in [0.05, 0.1) is 0 Å². The second kappa shape index (κ2) is 5.03. The van der Waals surface area contributed by atoms with Crippen molar-refractivity contribution in [3.05, 3.63) is 11.1 Å². The van der Waals surface area contributed by atoms with E-state index in [9.17, 15) is 4.79 Å². The van der Waals surface area contributed by atoms with Gasteiger partial charge >= 0.3 is 0 Å². The van der Waals surface area contributed by atoms with Crippen molar-refractivity contribution < 1.29 is 4.79 Å². The van der Waals surface area contributed by atoms with Crippen molar-refractivity contribution in [2.75, 3.05) is 13.1 Å². The number of rotatable bonds is 3. The Morgan fingerprint density at radius 3 is 2.00 bits per heavy atom. The molecule has 0 radical (unpaired) electrons. The Kier molecular flexibility index (Phi) is 3.67. The summed E-state index contributed by atoms with van der Waals surface area (Å²) in [4.78, 5) is 14.2. The molecular weight excluding hydrogens is 198 g/mol. The molecule has 2 heteroatoms. The lowest BCUT2D eigenvalue weighted by Crippen LogP contribution is -2.40. The highest BCUT2D eigenvalue weighted by Gasteiger charge is 2.26. The molecule has 0 aromatic heterocycles. The molecule has 2 aliphatic rings. The number of likely N-dealkylation sites (tertiary alicyclic amines) is 1. The molecule has 1 aliphatic carbocycles. The van der Waals surface area contributed by atoms with Gasteiger partial charge < -0.3 is 4.90 Å². The number of allylic oxidation sites excluding steroid dienone is 1. The molecule has 1 amide bonds. The van der Waals surface area contributed by atoms with Crippen LogP contribution in [0.25, 0.3) is 0 Å². The fraction of sp³-hybridized carbons (Fsp3) is 0.786. The second-order valence-electron chi connectivity index (χ2n) is 5.05. The van der Waals surface area contributed by atoms with Crippen molar-refractivity contribution in [3.63, 3.8) is 0 Å². The predicted molar refractivity (Wildman–Crippen MR) is 66.1 cm³/mol. The number of hydrogen-bond donors (Lipinski definition) is 0. The van der Waals surface area contributed by atoms with Gasteiger partial charge in [-0.25, -0.2) is 0 Å². The minimum Gasteiger partial charge on any atom is -0.342 e. The van der Waals surface area contributed by atoms with Gasteiger partial charge in [-0.3, -0.25) is 4.79 Å². The summed E-state index contributed by atoms with van der Waals surface area (Å²) in [7, 11) is 0. The highest BCUT2D eigenvalue weighted by atomic mass is 16.2. The molecule has 1 saturated heterocycles. The Hall–Kier alpha value is -0.790. The smallest absolute Gasteiger partial charge is 0.225 e. The molecule has 90 valence electrons. The molecule has 1 heterocycles. The minimum absolute atomic E-state index is 0.259. The molecule has 0 aromatic rings. The Bertz CT molecular complexity index is 286. The monoisotopic (exact) mass is 221 g/mol. The van der Waals surface area contributed by atoms with Gasteiger partial charge in [-0.1, -0.05) is 25.0 Å². The topological polar surface area (TPSA) is 20.3 Å². The van der Waals surface area contributed by atoms with Crippen LogP contribution in [0.1, 0.15) is 52.4 Å². The normalized spacial score (nSPS) is 20.6.